The van der Waals surface area contributed by atoms with Gasteiger partial charge in [0, 0.05) is 31.2 Å². The Morgan fingerprint density at radius 2 is 2.05 bits per heavy atom. The molecule has 1 heterocycles. The molecule has 5 heteroatoms. The average molecular weight is 277 g/mol. The van der Waals surface area contributed by atoms with Gasteiger partial charge in [0.1, 0.15) is 5.69 Å². The van der Waals surface area contributed by atoms with Gasteiger partial charge in [-0.2, -0.15) is 0 Å². The van der Waals surface area contributed by atoms with E-state index in [1.165, 1.54) is 0 Å². The van der Waals surface area contributed by atoms with E-state index in [4.69, 9.17) is 9.47 Å². The number of aromatic nitrogens is 1. The molecule has 0 aliphatic carbocycles. The first-order chi connectivity index (χ1) is 9.74. The number of hydrogen-bond acceptors (Lipinski definition) is 3. The molecule has 0 fully saturated rings. The Balaban J connectivity index is 2.04. The molecule has 5 nitrogen and oxygen atoms in total. The fourth-order valence-corrected chi connectivity index (χ4v) is 2.20. The van der Waals surface area contributed by atoms with Gasteiger partial charge in [-0.25, -0.2) is 4.79 Å². The van der Waals surface area contributed by atoms with Crippen LogP contribution in [0.15, 0.2) is 30.3 Å². The zero-order valence-electron chi connectivity index (χ0n) is 11.5. The minimum absolute atomic E-state index is 0.322. The summed E-state index contributed by atoms with van der Waals surface area (Å²) in [6, 6.07) is 9.40. The maximum absolute atomic E-state index is 11.3. The van der Waals surface area contributed by atoms with Gasteiger partial charge in [0.2, 0.25) is 0 Å². The average Bonchev–Trinajstić information content (AvgIpc) is 2.82. The SMILES string of the molecule is COCCOCCCn1c(C(=O)O)cc2ccccc21. The van der Waals surface area contributed by atoms with E-state index in [0.717, 1.165) is 17.3 Å². The molecule has 108 valence electrons. The van der Waals surface area contributed by atoms with Gasteiger partial charge in [-0.15, -0.1) is 0 Å². The van der Waals surface area contributed by atoms with Crippen LogP contribution in [0.3, 0.4) is 0 Å². The predicted molar refractivity (Wildman–Crippen MR) is 76.2 cm³/mol. The van der Waals surface area contributed by atoms with Crippen LogP contribution in [0.2, 0.25) is 0 Å². The molecular formula is C15H19NO4. The number of fused-ring (bicyclic) bond motifs is 1. The van der Waals surface area contributed by atoms with Crippen molar-refractivity contribution in [1.29, 1.82) is 0 Å². The van der Waals surface area contributed by atoms with E-state index < -0.39 is 5.97 Å². The number of para-hydroxylation sites is 1. The first kappa shape index (κ1) is 14.6. The molecule has 0 aliphatic heterocycles. The first-order valence-corrected chi connectivity index (χ1v) is 6.62. The van der Waals surface area contributed by atoms with E-state index in [1.807, 2.05) is 28.8 Å². The number of nitrogens with zero attached hydrogens (tertiary/aromatic N) is 1. The van der Waals surface area contributed by atoms with Crippen LogP contribution in [0.25, 0.3) is 10.9 Å². The smallest absolute Gasteiger partial charge is 0.352 e. The minimum atomic E-state index is -0.901. The highest BCUT2D eigenvalue weighted by Crippen LogP contribution is 2.20. The van der Waals surface area contributed by atoms with Crippen LogP contribution in [0.5, 0.6) is 0 Å². The van der Waals surface area contributed by atoms with E-state index in [2.05, 4.69) is 0 Å². The molecule has 1 aromatic heterocycles. The van der Waals surface area contributed by atoms with Crippen LogP contribution in [0.1, 0.15) is 16.9 Å². The zero-order chi connectivity index (χ0) is 14.4. The van der Waals surface area contributed by atoms with Crippen molar-refractivity contribution in [3.63, 3.8) is 0 Å². The van der Waals surface area contributed by atoms with Crippen molar-refractivity contribution in [1.82, 2.24) is 4.57 Å². The second kappa shape index (κ2) is 7.07. The van der Waals surface area contributed by atoms with Gasteiger partial charge in [-0.1, -0.05) is 18.2 Å². The Bertz CT molecular complexity index is 576. The lowest BCUT2D eigenvalue weighted by Gasteiger charge is -2.08. The molecule has 2 aromatic rings. The molecule has 2 rings (SSSR count). The monoisotopic (exact) mass is 277 g/mol. The summed E-state index contributed by atoms with van der Waals surface area (Å²) < 4.78 is 12.1. The van der Waals surface area contributed by atoms with Gasteiger partial charge in [-0.3, -0.25) is 0 Å². The number of methoxy groups -OCH3 is 1. The van der Waals surface area contributed by atoms with Crippen molar-refractivity contribution in [2.45, 2.75) is 13.0 Å². The number of benzene rings is 1. The summed E-state index contributed by atoms with van der Waals surface area (Å²) in [4.78, 5) is 11.3. The van der Waals surface area contributed by atoms with Gasteiger partial charge in [0.25, 0.3) is 0 Å². The summed E-state index contributed by atoms with van der Waals surface area (Å²) in [6.07, 6.45) is 0.767. The molecule has 0 amide bonds. The third-order valence-corrected chi connectivity index (χ3v) is 3.13. The van der Waals surface area contributed by atoms with Gasteiger partial charge >= 0.3 is 5.97 Å². The standard InChI is InChI=1S/C15H19NO4/c1-19-9-10-20-8-4-7-16-13-6-3-2-5-12(13)11-14(16)15(17)18/h2-3,5-6,11H,4,7-10H2,1H3,(H,17,18). The van der Waals surface area contributed by atoms with Crippen molar-refractivity contribution in [2.75, 3.05) is 26.9 Å². The number of aryl methyl sites for hydroxylation is 1. The normalized spacial score (nSPS) is 11.1. The van der Waals surface area contributed by atoms with Crippen molar-refractivity contribution in [3.8, 4) is 0 Å². The topological polar surface area (TPSA) is 60.7 Å². The molecule has 0 aliphatic rings. The molecule has 0 unspecified atom stereocenters. The maximum Gasteiger partial charge on any atom is 0.352 e. The predicted octanol–water partition coefficient (Wildman–Crippen LogP) is 2.39. The van der Waals surface area contributed by atoms with E-state index in [1.54, 1.807) is 13.2 Å². The van der Waals surface area contributed by atoms with Gasteiger partial charge in [0.15, 0.2) is 0 Å². The van der Waals surface area contributed by atoms with Crippen molar-refractivity contribution < 1.29 is 19.4 Å². The number of hydrogen-bond donors (Lipinski definition) is 1. The summed E-state index contributed by atoms with van der Waals surface area (Å²) in [5.41, 5.74) is 1.27. The second-order valence-corrected chi connectivity index (χ2v) is 4.50. The summed E-state index contributed by atoms with van der Waals surface area (Å²) in [7, 11) is 1.63. The number of carboxylic acid groups (broad SMARTS) is 1. The largest absolute Gasteiger partial charge is 0.477 e. The quantitative estimate of drug-likeness (QED) is 0.753. The molecule has 0 atom stereocenters. The number of ether oxygens (including phenoxy) is 2. The number of carbonyl (C=O) groups is 1. The highest BCUT2D eigenvalue weighted by Gasteiger charge is 2.13. The maximum atomic E-state index is 11.3. The van der Waals surface area contributed by atoms with Crippen molar-refractivity contribution in [3.05, 3.63) is 36.0 Å². The summed E-state index contributed by atoms with van der Waals surface area (Å²) in [5, 5.41) is 10.2. The fourth-order valence-electron chi connectivity index (χ4n) is 2.20. The van der Waals surface area contributed by atoms with Crippen LogP contribution in [0, 0.1) is 0 Å². The Morgan fingerprint density at radius 3 is 2.80 bits per heavy atom. The van der Waals surface area contributed by atoms with Gasteiger partial charge in [0.05, 0.1) is 13.2 Å². The fraction of sp³-hybridized carbons (Fsp3) is 0.400. The Kier molecular flexibility index (Phi) is 5.15. The summed E-state index contributed by atoms with van der Waals surface area (Å²) >= 11 is 0. The molecule has 1 N–H and O–H groups in total. The summed E-state index contributed by atoms with van der Waals surface area (Å²) in [6.45, 7) is 2.36. The zero-order valence-corrected chi connectivity index (χ0v) is 11.5. The van der Waals surface area contributed by atoms with Gasteiger partial charge in [-0.05, 0) is 18.6 Å². The molecule has 0 bridgehead atoms. The Labute approximate surface area is 117 Å². The minimum Gasteiger partial charge on any atom is -0.477 e. The van der Waals surface area contributed by atoms with Crippen LogP contribution >= 0.6 is 0 Å². The van der Waals surface area contributed by atoms with E-state index in [-0.39, 0.29) is 0 Å². The van der Waals surface area contributed by atoms with E-state index in [9.17, 15) is 9.90 Å². The molecule has 0 saturated heterocycles. The van der Waals surface area contributed by atoms with E-state index >= 15 is 0 Å². The number of aromatic carboxylic acids is 1. The highest BCUT2D eigenvalue weighted by molar-refractivity contribution is 5.94. The number of carboxylic acids is 1. The third-order valence-electron chi connectivity index (χ3n) is 3.13. The van der Waals surface area contributed by atoms with Crippen LogP contribution in [0.4, 0.5) is 0 Å². The number of rotatable bonds is 8. The van der Waals surface area contributed by atoms with Crippen LogP contribution in [-0.4, -0.2) is 42.6 Å². The second-order valence-electron chi connectivity index (χ2n) is 4.50. The first-order valence-electron chi connectivity index (χ1n) is 6.62. The highest BCUT2D eigenvalue weighted by atomic mass is 16.5. The Morgan fingerprint density at radius 1 is 1.25 bits per heavy atom. The third kappa shape index (κ3) is 3.37. The summed E-state index contributed by atoms with van der Waals surface area (Å²) in [5.74, 6) is -0.901. The van der Waals surface area contributed by atoms with Gasteiger partial charge < -0.3 is 19.1 Å². The van der Waals surface area contributed by atoms with Crippen molar-refractivity contribution in [2.24, 2.45) is 0 Å². The van der Waals surface area contributed by atoms with E-state index in [0.29, 0.717) is 32.1 Å². The molecular weight excluding hydrogens is 258 g/mol. The lowest BCUT2D eigenvalue weighted by Crippen LogP contribution is -2.11. The van der Waals surface area contributed by atoms with Crippen molar-refractivity contribution >= 4 is 16.9 Å². The van der Waals surface area contributed by atoms with Crippen LogP contribution in [-0.2, 0) is 16.0 Å². The molecule has 20 heavy (non-hydrogen) atoms. The molecule has 0 radical (unpaired) electrons. The lowest BCUT2D eigenvalue weighted by atomic mass is 10.2. The molecule has 0 saturated carbocycles. The lowest BCUT2D eigenvalue weighted by molar-refractivity contribution is 0.0658. The molecule has 1 aromatic carbocycles. The molecule has 0 spiro atoms. The van der Waals surface area contributed by atoms with Crippen LogP contribution < -0.4 is 0 Å². The Hall–Kier alpha value is -1.85.